The minimum Gasteiger partial charge on any atom is -0.481 e. The van der Waals surface area contributed by atoms with E-state index in [9.17, 15) is 14.4 Å². The molecule has 8 heteroatoms. The summed E-state index contributed by atoms with van der Waals surface area (Å²) < 4.78 is 1.77. The van der Waals surface area contributed by atoms with Gasteiger partial charge in [-0.2, -0.15) is 5.10 Å². The number of carboxylic acid groups (broad SMARTS) is 1. The number of nitrogens with zero attached hydrogens (tertiary/aromatic N) is 3. The van der Waals surface area contributed by atoms with Gasteiger partial charge >= 0.3 is 5.97 Å². The Morgan fingerprint density at radius 3 is 2.55 bits per heavy atom. The van der Waals surface area contributed by atoms with E-state index >= 15 is 0 Å². The van der Waals surface area contributed by atoms with E-state index in [4.69, 9.17) is 5.11 Å². The minimum absolute atomic E-state index is 0.0584. The SMILES string of the molecule is CCC1C(=O)NCCN1C(=O)c1ccc(-n2nc(C)c(CCC(=O)O)c2C)cc1. The lowest BCUT2D eigenvalue weighted by molar-refractivity contribution is -0.137. The summed E-state index contributed by atoms with van der Waals surface area (Å²) in [5.74, 6) is -1.11. The summed E-state index contributed by atoms with van der Waals surface area (Å²) in [5.41, 5.74) is 3.94. The molecule has 1 aliphatic heterocycles. The number of carbonyl (C=O) groups excluding carboxylic acids is 2. The molecule has 1 aromatic carbocycles. The maximum Gasteiger partial charge on any atom is 0.303 e. The molecule has 0 aliphatic carbocycles. The highest BCUT2D eigenvalue weighted by atomic mass is 16.4. The zero-order chi connectivity index (χ0) is 21.1. The van der Waals surface area contributed by atoms with E-state index in [2.05, 4.69) is 10.4 Å². The Balaban J connectivity index is 1.82. The first-order valence-electron chi connectivity index (χ1n) is 9.79. The van der Waals surface area contributed by atoms with Gasteiger partial charge in [0.15, 0.2) is 0 Å². The Kier molecular flexibility index (Phi) is 6.00. The monoisotopic (exact) mass is 398 g/mol. The van der Waals surface area contributed by atoms with Gasteiger partial charge in [-0.3, -0.25) is 14.4 Å². The third-order valence-electron chi connectivity index (χ3n) is 5.37. The Bertz CT molecular complexity index is 933. The van der Waals surface area contributed by atoms with E-state index in [0.717, 1.165) is 22.6 Å². The standard InChI is InChI=1S/C21H26N4O4/c1-4-18-20(28)22-11-12-24(18)21(29)15-5-7-16(8-6-15)25-14(3)17(13(2)23-25)9-10-19(26)27/h5-8,18H,4,9-12H2,1-3H3,(H,22,28)(H,26,27). The van der Waals surface area contributed by atoms with Gasteiger partial charge in [0.05, 0.1) is 11.4 Å². The quantitative estimate of drug-likeness (QED) is 0.773. The third kappa shape index (κ3) is 4.16. The molecule has 1 aromatic heterocycles. The average Bonchev–Trinajstić information content (AvgIpc) is 2.99. The second-order valence-electron chi connectivity index (χ2n) is 7.22. The number of amides is 2. The number of hydrogen-bond donors (Lipinski definition) is 2. The van der Waals surface area contributed by atoms with Gasteiger partial charge in [0.25, 0.3) is 5.91 Å². The van der Waals surface area contributed by atoms with Crippen molar-refractivity contribution in [2.24, 2.45) is 0 Å². The van der Waals surface area contributed by atoms with Crippen molar-refractivity contribution in [1.29, 1.82) is 0 Å². The predicted octanol–water partition coefficient (Wildman–Crippen LogP) is 1.86. The van der Waals surface area contributed by atoms with Crippen LogP contribution in [0.2, 0.25) is 0 Å². The number of nitrogens with one attached hydrogen (secondary N) is 1. The van der Waals surface area contributed by atoms with E-state index in [1.807, 2.05) is 32.9 Å². The van der Waals surface area contributed by atoms with Gasteiger partial charge in [0, 0.05) is 30.8 Å². The number of aliphatic carboxylic acids is 1. The smallest absolute Gasteiger partial charge is 0.303 e. The molecule has 8 nitrogen and oxygen atoms in total. The van der Waals surface area contributed by atoms with Crippen molar-refractivity contribution in [1.82, 2.24) is 20.0 Å². The zero-order valence-corrected chi connectivity index (χ0v) is 16.9. The number of aryl methyl sites for hydroxylation is 1. The van der Waals surface area contributed by atoms with E-state index in [1.54, 1.807) is 21.7 Å². The van der Waals surface area contributed by atoms with E-state index in [1.165, 1.54) is 0 Å². The van der Waals surface area contributed by atoms with Crippen molar-refractivity contribution in [2.75, 3.05) is 13.1 Å². The Hall–Kier alpha value is -3.16. The summed E-state index contributed by atoms with van der Waals surface area (Å²) in [4.78, 5) is 37.4. The van der Waals surface area contributed by atoms with E-state index in [-0.39, 0.29) is 18.2 Å². The van der Waals surface area contributed by atoms with Crippen molar-refractivity contribution < 1.29 is 19.5 Å². The molecule has 2 amide bonds. The highest BCUT2D eigenvalue weighted by Gasteiger charge is 2.32. The molecule has 2 heterocycles. The van der Waals surface area contributed by atoms with Crippen LogP contribution in [0.1, 0.15) is 47.1 Å². The van der Waals surface area contributed by atoms with E-state index < -0.39 is 12.0 Å². The first-order valence-corrected chi connectivity index (χ1v) is 9.79. The summed E-state index contributed by atoms with van der Waals surface area (Å²) in [6.07, 6.45) is 1.06. The van der Waals surface area contributed by atoms with E-state index in [0.29, 0.717) is 31.5 Å². The summed E-state index contributed by atoms with van der Waals surface area (Å²) in [6, 6.07) is 6.68. The fraction of sp³-hybridized carbons (Fsp3) is 0.429. The number of carbonyl (C=O) groups is 3. The van der Waals surface area contributed by atoms with Crippen molar-refractivity contribution in [3.63, 3.8) is 0 Å². The molecule has 1 unspecified atom stereocenters. The number of carboxylic acids is 1. The molecule has 0 spiro atoms. The van der Waals surface area contributed by atoms with Gasteiger partial charge in [0.2, 0.25) is 5.91 Å². The first kappa shape index (κ1) is 20.6. The Morgan fingerprint density at radius 2 is 1.93 bits per heavy atom. The van der Waals surface area contributed by atoms with Crippen molar-refractivity contribution in [3.8, 4) is 5.69 Å². The average molecular weight is 398 g/mol. The van der Waals surface area contributed by atoms with Crippen LogP contribution in [-0.4, -0.2) is 56.7 Å². The lowest BCUT2D eigenvalue weighted by atomic mass is 10.1. The molecule has 3 rings (SSSR count). The predicted molar refractivity (Wildman–Crippen MR) is 107 cm³/mol. The lowest BCUT2D eigenvalue weighted by Gasteiger charge is -2.34. The number of benzene rings is 1. The number of aromatic nitrogens is 2. The zero-order valence-electron chi connectivity index (χ0n) is 16.9. The summed E-state index contributed by atoms with van der Waals surface area (Å²) in [7, 11) is 0. The molecule has 0 saturated carbocycles. The van der Waals surface area contributed by atoms with Crippen molar-refractivity contribution in [3.05, 3.63) is 46.8 Å². The van der Waals surface area contributed by atoms with Crippen LogP contribution in [0.25, 0.3) is 5.69 Å². The maximum atomic E-state index is 12.9. The second kappa shape index (κ2) is 8.46. The maximum absolute atomic E-state index is 12.9. The van der Waals surface area contributed by atoms with Gasteiger partial charge in [-0.15, -0.1) is 0 Å². The molecule has 1 aliphatic rings. The number of rotatable bonds is 6. The van der Waals surface area contributed by atoms with Gasteiger partial charge in [-0.05, 0) is 56.5 Å². The van der Waals surface area contributed by atoms with Gasteiger partial charge in [-0.1, -0.05) is 6.92 Å². The van der Waals surface area contributed by atoms with Crippen LogP contribution in [0.4, 0.5) is 0 Å². The summed E-state index contributed by atoms with van der Waals surface area (Å²) in [6.45, 7) is 6.63. The van der Waals surface area contributed by atoms with Gasteiger partial charge in [-0.25, -0.2) is 4.68 Å². The fourth-order valence-electron chi connectivity index (χ4n) is 3.79. The topological polar surface area (TPSA) is 105 Å². The second-order valence-corrected chi connectivity index (χ2v) is 7.22. The van der Waals surface area contributed by atoms with Gasteiger partial charge < -0.3 is 15.3 Å². The normalized spacial score (nSPS) is 16.6. The van der Waals surface area contributed by atoms with Crippen LogP contribution in [0, 0.1) is 13.8 Å². The molecule has 1 fully saturated rings. The van der Waals surface area contributed by atoms with Crippen LogP contribution < -0.4 is 5.32 Å². The number of hydrogen-bond acceptors (Lipinski definition) is 4. The molecule has 154 valence electrons. The first-order chi connectivity index (χ1) is 13.8. The molecule has 1 saturated heterocycles. The fourth-order valence-corrected chi connectivity index (χ4v) is 3.79. The molecule has 1 atom stereocenters. The summed E-state index contributed by atoms with van der Waals surface area (Å²) in [5, 5.41) is 16.3. The molecular weight excluding hydrogens is 372 g/mol. The van der Waals surface area contributed by atoms with Crippen LogP contribution in [-0.2, 0) is 16.0 Å². The van der Waals surface area contributed by atoms with Crippen LogP contribution in [0.15, 0.2) is 24.3 Å². The highest BCUT2D eigenvalue weighted by molar-refractivity contribution is 5.98. The minimum atomic E-state index is -0.837. The van der Waals surface area contributed by atoms with Crippen LogP contribution >= 0.6 is 0 Å². The number of piperazine rings is 1. The molecule has 2 N–H and O–H groups in total. The largest absolute Gasteiger partial charge is 0.481 e. The summed E-state index contributed by atoms with van der Waals surface area (Å²) >= 11 is 0. The van der Waals surface area contributed by atoms with Crippen molar-refractivity contribution in [2.45, 2.75) is 46.1 Å². The van der Waals surface area contributed by atoms with Crippen molar-refractivity contribution >= 4 is 17.8 Å². The third-order valence-corrected chi connectivity index (χ3v) is 5.37. The van der Waals surface area contributed by atoms with Gasteiger partial charge in [0.1, 0.15) is 6.04 Å². The molecule has 0 bridgehead atoms. The van der Waals surface area contributed by atoms with Crippen LogP contribution in [0.3, 0.4) is 0 Å². The molecule has 2 aromatic rings. The molecular formula is C21H26N4O4. The molecule has 29 heavy (non-hydrogen) atoms. The van der Waals surface area contributed by atoms with Crippen LogP contribution in [0.5, 0.6) is 0 Å². The Morgan fingerprint density at radius 1 is 1.24 bits per heavy atom. The Labute approximate surface area is 169 Å². The highest BCUT2D eigenvalue weighted by Crippen LogP contribution is 2.21. The molecule has 0 radical (unpaired) electrons. The lowest BCUT2D eigenvalue weighted by Crippen LogP contribution is -2.56.